The molecule has 0 unspecified atom stereocenters. The Kier molecular flexibility index (Phi) is 5.20. The fourth-order valence-corrected chi connectivity index (χ4v) is 6.59. The molecular weight excluding hydrogens is 522 g/mol. The quantitative estimate of drug-likeness (QED) is 0.220. The van der Waals surface area contributed by atoms with E-state index in [1.165, 1.54) is 43.4 Å². The zero-order valence-corrected chi connectivity index (χ0v) is 23.3. The van der Waals surface area contributed by atoms with Crippen molar-refractivity contribution in [3.63, 3.8) is 0 Å². The largest absolute Gasteiger partial charge is 0.277 e. The minimum Gasteiger partial charge on any atom is -0.277 e. The van der Waals surface area contributed by atoms with Gasteiger partial charge in [0, 0.05) is 27.1 Å². The molecule has 43 heavy (non-hydrogen) atoms. The van der Waals surface area contributed by atoms with E-state index in [0.29, 0.717) is 5.95 Å². The fraction of sp³-hybridized carbons (Fsp3) is 0. The smallest absolute Gasteiger partial charge is 0.235 e. The van der Waals surface area contributed by atoms with E-state index in [0.717, 1.165) is 33.2 Å². The SMILES string of the molecule is c1ccc(-c2ccc(-c3nc(-n4c5ccc6ccccc6c5c5ccc6ccccc6c54)nc4ccccc34)cc2)cc1. The molecule has 0 saturated heterocycles. The van der Waals surface area contributed by atoms with E-state index in [9.17, 15) is 0 Å². The zero-order chi connectivity index (χ0) is 28.3. The first-order chi connectivity index (χ1) is 21.3. The highest BCUT2D eigenvalue weighted by molar-refractivity contribution is 6.25. The van der Waals surface area contributed by atoms with E-state index in [2.05, 4.69) is 150 Å². The van der Waals surface area contributed by atoms with Crippen LogP contribution in [0.3, 0.4) is 0 Å². The summed E-state index contributed by atoms with van der Waals surface area (Å²) in [6.07, 6.45) is 0. The van der Waals surface area contributed by atoms with Crippen molar-refractivity contribution in [1.29, 1.82) is 0 Å². The number of aromatic nitrogens is 3. The molecule has 0 radical (unpaired) electrons. The molecule has 9 rings (SSSR count). The van der Waals surface area contributed by atoms with Crippen LogP contribution in [0.5, 0.6) is 0 Å². The Balaban J connectivity index is 1.37. The van der Waals surface area contributed by atoms with Crippen molar-refractivity contribution in [3.05, 3.63) is 152 Å². The maximum atomic E-state index is 5.36. The van der Waals surface area contributed by atoms with Crippen molar-refractivity contribution in [1.82, 2.24) is 14.5 Å². The Morgan fingerprint density at radius 3 is 1.81 bits per heavy atom. The molecule has 3 heteroatoms. The number of para-hydroxylation sites is 1. The van der Waals surface area contributed by atoms with E-state index in [1.807, 2.05) is 6.07 Å². The van der Waals surface area contributed by atoms with E-state index in [-0.39, 0.29) is 0 Å². The van der Waals surface area contributed by atoms with Gasteiger partial charge in [0.15, 0.2) is 0 Å². The lowest BCUT2D eigenvalue weighted by Crippen LogP contribution is -2.03. The molecular formula is C40H25N3. The number of fused-ring (bicyclic) bond motifs is 8. The molecule has 0 fully saturated rings. The number of hydrogen-bond donors (Lipinski definition) is 0. The average molecular weight is 548 g/mol. The summed E-state index contributed by atoms with van der Waals surface area (Å²) in [5.41, 5.74) is 7.53. The summed E-state index contributed by atoms with van der Waals surface area (Å²) in [5, 5.41) is 8.30. The highest BCUT2D eigenvalue weighted by Gasteiger charge is 2.20. The molecule has 0 spiro atoms. The van der Waals surface area contributed by atoms with Crippen molar-refractivity contribution >= 4 is 54.3 Å². The lowest BCUT2D eigenvalue weighted by atomic mass is 10.0. The van der Waals surface area contributed by atoms with Gasteiger partial charge >= 0.3 is 0 Å². The molecule has 2 aromatic heterocycles. The molecule has 3 nitrogen and oxygen atoms in total. The van der Waals surface area contributed by atoms with Gasteiger partial charge in [-0.25, -0.2) is 9.97 Å². The van der Waals surface area contributed by atoms with Gasteiger partial charge in [0.05, 0.1) is 22.2 Å². The van der Waals surface area contributed by atoms with Gasteiger partial charge in [-0.1, -0.05) is 140 Å². The third-order valence-corrected chi connectivity index (χ3v) is 8.60. The van der Waals surface area contributed by atoms with Crippen LogP contribution in [0.1, 0.15) is 0 Å². The molecule has 2 heterocycles. The van der Waals surface area contributed by atoms with Crippen LogP contribution in [0.25, 0.3) is 82.6 Å². The molecule has 0 amide bonds. The lowest BCUT2D eigenvalue weighted by Gasteiger charge is -2.13. The van der Waals surface area contributed by atoms with Gasteiger partial charge in [0.25, 0.3) is 0 Å². The summed E-state index contributed by atoms with van der Waals surface area (Å²) in [5.74, 6) is 0.674. The van der Waals surface area contributed by atoms with Crippen molar-refractivity contribution in [2.24, 2.45) is 0 Å². The first-order valence-electron chi connectivity index (χ1n) is 14.6. The highest BCUT2D eigenvalue weighted by atomic mass is 15.2. The van der Waals surface area contributed by atoms with Crippen molar-refractivity contribution < 1.29 is 0 Å². The van der Waals surface area contributed by atoms with E-state index in [4.69, 9.17) is 9.97 Å². The van der Waals surface area contributed by atoms with Gasteiger partial charge in [-0.2, -0.15) is 0 Å². The minimum atomic E-state index is 0.674. The first-order valence-corrected chi connectivity index (χ1v) is 14.6. The molecule has 0 bridgehead atoms. The molecule has 200 valence electrons. The van der Waals surface area contributed by atoms with Crippen LogP contribution in [-0.4, -0.2) is 14.5 Å². The molecule has 0 aliphatic heterocycles. The van der Waals surface area contributed by atoms with Crippen LogP contribution in [0.2, 0.25) is 0 Å². The second-order valence-corrected chi connectivity index (χ2v) is 11.0. The van der Waals surface area contributed by atoms with Crippen molar-refractivity contribution in [3.8, 4) is 28.3 Å². The summed E-state index contributed by atoms with van der Waals surface area (Å²) in [7, 11) is 0. The number of nitrogens with zero attached hydrogens (tertiary/aromatic N) is 3. The number of benzene rings is 7. The Bertz CT molecular complexity index is 2490. The van der Waals surface area contributed by atoms with Gasteiger partial charge in [0.2, 0.25) is 5.95 Å². The predicted octanol–water partition coefficient (Wildman–Crippen LogP) is 10.4. The van der Waals surface area contributed by atoms with Gasteiger partial charge in [-0.15, -0.1) is 0 Å². The fourth-order valence-electron chi connectivity index (χ4n) is 6.59. The average Bonchev–Trinajstić information content (AvgIpc) is 3.44. The van der Waals surface area contributed by atoms with Crippen LogP contribution >= 0.6 is 0 Å². The van der Waals surface area contributed by atoms with Gasteiger partial charge < -0.3 is 0 Å². The normalized spacial score (nSPS) is 11.7. The third kappa shape index (κ3) is 3.68. The van der Waals surface area contributed by atoms with E-state index in [1.54, 1.807) is 0 Å². The van der Waals surface area contributed by atoms with Crippen LogP contribution in [0.15, 0.2) is 152 Å². The third-order valence-electron chi connectivity index (χ3n) is 8.60. The molecule has 0 aliphatic carbocycles. The maximum Gasteiger partial charge on any atom is 0.235 e. The second-order valence-electron chi connectivity index (χ2n) is 11.0. The lowest BCUT2D eigenvalue weighted by molar-refractivity contribution is 1.02. The Labute approximate surface area is 248 Å². The molecule has 0 saturated carbocycles. The van der Waals surface area contributed by atoms with Gasteiger partial charge in [-0.3, -0.25) is 4.57 Å². The van der Waals surface area contributed by atoms with Crippen molar-refractivity contribution in [2.45, 2.75) is 0 Å². The first kappa shape index (κ1) is 23.9. The number of rotatable bonds is 3. The Morgan fingerprint density at radius 1 is 0.395 bits per heavy atom. The number of hydrogen-bond acceptors (Lipinski definition) is 2. The Hall–Kier alpha value is -5.80. The Morgan fingerprint density at radius 2 is 1.00 bits per heavy atom. The summed E-state index contributed by atoms with van der Waals surface area (Å²) in [6.45, 7) is 0. The zero-order valence-electron chi connectivity index (χ0n) is 23.3. The monoisotopic (exact) mass is 547 g/mol. The predicted molar refractivity (Wildman–Crippen MR) is 180 cm³/mol. The molecule has 9 aromatic rings. The molecule has 7 aromatic carbocycles. The van der Waals surface area contributed by atoms with Crippen LogP contribution in [0.4, 0.5) is 0 Å². The summed E-state index contributed by atoms with van der Waals surface area (Å²) >= 11 is 0. The van der Waals surface area contributed by atoms with E-state index >= 15 is 0 Å². The van der Waals surface area contributed by atoms with Crippen LogP contribution in [0, 0.1) is 0 Å². The standard InChI is InChI=1S/C40H25N3/c1-2-10-26(11-3-1)27-18-20-30(21-19-27)38-33-16-8-9-17-35(33)41-40(42-38)43-36-25-23-28-12-4-6-14-31(28)37(36)34-24-22-29-13-5-7-15-32(29)39(34)43/h1-25H. The topological polar surface area (TPSA) is 30.7 Å². The summed E-state index contributed by atoms with van der Waals surface area (Å²) < 4.78 is 2.27. The van der Waals surface area contributed by atoms with Crippen LogP contribution < -0.4 is 0 Å². The van der Waals surface area contributed by atoms with Gasteiger partial charge in [-0.05, 0) is 39.4 Å². The maximum absolute atomic E-state index is 5.36. The van der Waals surface area contributed by atoms with Crippen molar-refractivity contribution in [2.75, 3.05) is 0 Å². The van der Waals surface area contributed by atoms with Gasteiger partial charge in [0.1, 0.15) is 0 Å². The summed E-state index contributed by atoms with van der Waals surface area (Å²) in [6, 6.07) is 53.7. The minimum absolute atomic E-state index is 0.674. The highest BCUT2D eigenvalue weighted by Crippen LogP contribution is 2.40. The van der Waals surface area contributed by atoms with Crippen LogP contribution in [-0.2, 0) is 0 Å². The summed E-state index contributed by atoms with van der Waals surface area (Å²) in [4.78, 5) is 10.6. The molecule has 0 N–H and O–H groups in total. The second kappa shape index (κ2) is 9.37. The molecule has 0 atom stereocenters. The molecule has 0 aliphatic rings. The van der Waals surface area contributed by atoms with E-state index < -0.39 is 0 Å².